The average Bonchev–Trinajstić information content (AvgIpc) is 2.49. The van der Waals surface area contributed by atoms with Crippen molar-refractivity contribution in [2.24, 2.45) is 0 Å². The second-order valence-electron chi connectivity index (χ2n) is 5.26. The Morgan fingerprint density at radius 2 is 1.70 bits per heavy atom. The Bertz CT molecular complexity index is 650. The number of phenols is 1. The molecular formula is C17H18F2N2O2. The Kier molecular flexibility index (Phi) is 5.16. The number of hydrogen-bond acceptors (Lipinski definition) is 2. The zero-order chi connectivity index (χ0) is 16.9. The normalized spacial score (nSPS) is 11.1. The molecule has 4 nitrogen and oxygen atoms in total. The Labute approximate surface area is 133 Å². The second kappa shape index (κ2) is 7.09. The Morgan fingerprint density at radius 3 is 2.26 bits per heavy atom. The van der Waals surface area contributed by atoms with Gasteiger partial charge in [-0.05, 0) is 36.2 Å². The van der Waals surface area contributed by atoms with Crippen LogP contribution in [0.4, 0.5) is 19.3 Å². The van der Waals surface area contributed by atoms with Crippen LogP contribution in [-0.2, 0) is 12.3 Å². The molecule has 0 unspecified atom stereocenters. The fraction of sp³-hybridized carbons (Fsp3) is 0.235. The molecule has 0 heterocycles. The molecule has 122 valence electrons. The third-order valence-electron chi connectivity index (χ3n) is 3.29. The largest absolute Gasteiger partial charge is 0.508 e. The highest BCUT2D eigenvalue weighted by atomic mass is 19.3. The van der Waals surface area contributed by atoms with E-state index in [9.17, 15) is 18.7 Å². The van der Waals surface area contributed by atoms with Crippen molar-refractivity contribution in [3.63, 3.8) is 0 Å². The molecule has 0 aromatic heterocycles. The van der Waals surface area contributed by atoms with Gasteiger partial charge in [0.1, 0.15) is 5.75 Å². The maximum atomic E-state index is 13.1. The SMILES string of the molecule is CC(F)(F)c1ccc(NC(=O)NCCc2ccc(O)cc2)cc1. The molecule has 0 aliphatic rings. The quantitative estimate of drug-likeness (QED) is 0.783. The first-order chi connectivity index (χ1) is 10.8. The van der Waals surface area contributed by atoms with Crippen LogP contribution in [-0.4, -0.2) is 17.7 Å². The smallest absolute Gasteiger partial charge is 0.319 e. The minimum Gasteiger partial charge on any atom is -0.508 e. The first kappa shape index (κ1) is 16.7. The summed E-state index contributed by atoms with van der Waals surface area (Å²) in [6, 6.07) is 11.8. The van der Waals surface area contributed by atoms with Gasteiger partial charge in [0, 0.05) is 24.7 Å². The van der Waals surface area contributed by atoms with Crippen LogP contribution in [0.15, 0.2) is 48.5 Å². The summed E-state index contributed by atoms with van der Waals surface area (Å²) in [5, 5.41) is 14.4. The van der Waals surface area contributed by atoms with Crippen LogP contribution in [0.25, 0.3) is 0 Å². The van der Waals surface area contributed by atoms with Crippen molar-refractivity contribution in [2.45, 2.75) is 19.3 Å². The molecule has 23 heavy (non-hydrogen) atoms. The number of hydrogen-bond donors (Lipinski definition) is 3. The van der Waals surface area contributed by atoms with E-state index >= 15 is 0 Å². The van der Waals surface area contributed by atoms with E-state index in [2.05, 4.69) is 10.6 Å². The van der Waals surface area contributed by atoms with Gasteiger partial charge in [0.2, 0.25) is 0 Å². The molecule has 0 atom stereocenters. The molecular weight excluding hydrogens is 302 g/mol. The number of phenolic OH excluding ortho intramolecular Hbond substituents is 1. The lowest BCUT2D eigenvalue weighted by molar-refractivity contribution is 0.0175. The summed E-state index contributed by atoms with van der Waals surface area (Å²) in [5.41, 5.74) is 1.33. The molecule has 0 aliphatic carbocycles. The zero-order valence-electron chi connectivity index (χ0n) is 12.6. The molecule has 3 N–H and O–H groups in total. The van der Waals surface area contributed by atoms with Crippen molar-refractivity contribution < 1.29 is 18.7 Å². The first-order valence-corrected chi connectivity index (χ1v) is 7.16. The molecule has 0 bridgehead atoms. The van der Waals surface area contributed by atoms with Gasteiger partial charge in [-0.1, -0.05) is 24.3 Å². The topological polar surface area (TPSA) is 61.4 Å². The maximum absolute atomic E-state index is 13.1. The van der Waals surface area contributed by atoms with Gasteiger partial charge in [0.15, 0.2) is 0 Å². The lowest BCUT2D eigenvalue weighted by Crippen LogP contribution is -2.30. The van der Waals surface area contributed by atoms with E-state index in [1.165, 1.54) is 24.3 Å². The summed E-state index contributed by atoms with van der Waals surface area (Å²) in [6.45, 7) is 1.24. The number of benzene rings is 2. The summed E-state index contributed by atoms with van der Waals surface area (Å²) < 4.78 is 26.2. The summed E-state index contributed by atoms with van der Waals surface area (Å²) >= 11 is 0. The minimum absolute atomic E-state index is 0.101. The predicted octanol–water partition coefficient (Wildman–Crippen LogP) is 3.87. The van der Waals surface area contributed by atoms with Gasteiger partial charge in [0.25, 0.3) is 5.92 Å². The number of carbonyl (C=O) groups is 1. The number of aromatic hydroxyl groups is 1. The van der Waals surface area contributed by atoms with E-state index in [1.807, 2.05) is 0 Å². The Balaban J connectivity index is 1.79. The third-order valence-corrected chi connectivity index (χ3v) is 3.29. The molecule has 0 saturated carbocycles. The number of amides is 2. The van der Waals surface area contributed by atoms with Crippen molar-refractivity contribution in [1.29, 1.82) is 0 Å². The van der Waals surface area contributed by atoms with Crippen molar-refractivity contribution in [3.05, 3.63) is 59.7 Å². The monoisotopic (exact) mass is 320 g/mol. The number of halogens is 2. The van der Waals surface area contributed by atoms with Crippen LogP contribution in [0.3, 0.4) is 0 Å². The second-order valence-corrected chi connectivity index (χ2v) is 5.26. The Morgan fingerprint density at radius 1 is 1.09 bits per heavy atom. The van der Waals surface area contributed by atoms with Crippen molar-refractivity contribution in [1.82, 2.24) is 5.32 Å². The molecule has 0 saturated heterocycles. The number of rotatable bonds is 5. The first-order valence-electron chi connectivity index (χ1n) is 7.16. The van der Waals surface area contributed by atoms with E-state index in [1.54, 1.807) is 24.3 Å². The van der Waals surface area contributed by atoms with Crippen LogP contribution in [0.2, 0.25) is 0 Å². The average molecular weight is 320 g/mol. The van der Waals surface area contributed by atoms with Crippen molar-refractivity contribution in [3.8, 4) is 5.75 Å². The molecule has 0 radical (unpaired) electrons. The highest BCUT2D eigenvalue weighted by molar-refractivity contribution is 5.89. The fourth-order valence-electron chi connectivity index (χ4n) is 2.00. The third kappa shape index (κ3) is 5.25. The van der Waals surface area contributed by atoms with Gasteiger partial charge < -0.3 is 15.7 Å². The molecule has 6 heteroatoms. The summed E-state index contributed by atoms with van der Waals surface area (Å²) in [5.74, 6) is -2.70. The van der Waals surface area contributed by atoms with Gasteiger partial charge in [-0.3, -0.25) is 0 Å². The van der Waals surface area contributed by atoms with Crippen LogP contribution < -0.4 is 10.6 Å². The zero-order valence-corrected chi connectivity index (χ0v) is 12.6. The maximum Gasteiger partial charge on any atom is 0.319 e. The van der Waals surface area contributed by atoms with Gasteiger partial charge in [-0.15, -0.1) is 0 Å². The minimum atomic E-state index is -2.90. The van der Waals surface area contributed by atoms with Crippen LogP contribution in [0.1, 0.15) is 18.1 Å². The van der Waals surface area contributed by atoms with Crippen LogP contribution >= 0.6 is 0 Å². The number of nitrogens with one attached hydrogen (secondary N) is 2. The van der Waals surface area contributed by atoms with Crippen molar-refractivity contribution >= 4 is 11.7 Å². The molecule has 0 fully saturated rings. The highest BCUT2D eigenvalue weighted by Crippen LogP contribution is 2.27. The van der Waals surface area contributed by atoms with Crippen LogP contribution in [0.5, 0.6) is 5.75 Å². The summed E-state index contributed by atoms with van der Waals surface area (Å²) in [7, 11) is 0. The Hall–Kier alpha value is -2.63. The lowest BCUT2D eigenvalue weighted by atomic mass is 10.1. The highest BCUT2D eigenvalue weighted by Gasteiger charge is 2.23. The molecule has 2 amide bonds. The summed E-state index contributed by atoms with van der Waals surface area (Å²) in [4.78, 5) is 11.7. The van der Waals surface area contributed by atoms with E-state index in [0.29, 0.717) is 18.7 Å². The van der Waals surface area contributed by atoms with Gasteiger partial charge in [-0.25, -0.2) is 13.6 Å². The molecule has 2 aromatic carbocycles. The van der Waals surface area contributed by atoms with Gasteiger partial charge in [-0.2, -0.15) is 0 Å². The number of anilines is 1. The van der Waals surface area contributed by atoms with Gasteiger partial charge >= 0.3 is 6.03 Å². The fourth-order valence-corrected chi connectivity index (χ4v) is 2.00. The number of alkyl halides is 2. The standard InChI is InChI=1S/C17H18F2N2O2/c1-17(18,19)13-4-6-14(7-5-13)21-16(23)20-11-10-12-2-8-15(22)9-3-12/h2-9,22H,10-11H2,1H3,(H2,20,21,23). The lowest BCUT2D eigenvalue weighted by Gasteiger charge is -2.12. The molecule has 2 rings (SSSR count). The molecule has 0 aliphatic heterocycles. The van der Waals surface area contributed by atoms with Crippen LogP contribution in [0, 0.1) is 0 Å². The van der Waals surface area contributed by atoms with E-state index in [0.717, 1.165) is 12.5 Å². The van der Waals surface area contributed by atoms with Gasteiger partial charge in [0.05, 0.1) is 0 Å². The summed E-state index contributed by atoms with van der Waals surface area (Å²) in [6.07, 6.45) is 0.620. The van der Waals surface area contributed by atoms with Crippen molar-refractivity contribution in [2.75, 3.05) is 11.9 Å². The van der Waals surface area contributed by atoms with E-state index in [4.69, 9.17) is 0 Å². The van der Waals surface area contributed by atoms with E-state index in [-0.39, 0.29) is 11.3 Å². The van der Waals surface area contributed by atoms with E-state index < -0.39 is 12.0 Å². The molecule has 2 aromatic rings. The number of carbonyl (C=O) groups excluding carboxylic acids is 1. The molecule has 0 spiro atoms. The number of urea groups is 1. The predicted molar refractivity (Wildman–Crippen MR) is 84.8 cm³/mol.